The highest BCUT2D eigenvalue weighted by molar-refractivity contribution is 6.07. The van der Waals surface area contributed by atoms with E-state index in [9.17, 15) is 9.59 Å². The van der Waals surface area contributed by atoms with Crippen LogP contribution in [-0.4, -0.2) is 55.3 Å². The molecule has 3 amide bonds. The predicted molar refractivity (Wildman–Crippen MR) is 72.1 cm³/mol. The lowest BCUT2D eigenvalue weighted by Crippen LogP contribution is -3.15. The highest BCUT2D eigenvalue weighted by atomic mass is 16.5. The summed E-state index contributed by atoms with van der Waals surface area (Å²) in [5, 5.41) is 3.00. The number of ether oxygens (including phenoxy) is 1. The lowest BCUT2D eigenvalue weighted by Gasteiger charge is -2.37. The Morgan fingerprint density at radius 2 is 2.10 bits per heavy atom. The Bertz CT molecular complexity index is 408. The van der Waals surface area contributed by atoms with Crippen molar-refractivity contribution in [1.82, 2.24) is 10.2 Å². The van der Waals surface area contributed by atoms with E-state index >= 15 is 0 Å². The maximum Gasteiger partial charge on any atom is 0.329 e. The van der Waals surface area contributed by atoms with Gasteiger partial charge in [-0.15, -0.1) is 0 Å². The molecule has 3 aliphatic rings. The highest BCUT2D eigenvalue weighted by Crippen LogP contribution is 2.37. The molecule has 6 heteroatoms. The lowest BCUT2D eigenvalue weighted by molar-refractivity contribution is -0.915. The largest absolute Gasteiger partial charge is 0.370 e. The van der Waals surface area contributed by atoms with Gasteiger partial charge < -0.3 is 15.0 Å². The van der Waals surface area contributed by atoms with Crippen LogP contribution in [0.2, 0.25) is 0 Å². The minimum absolute atomic E-state index is 0.00584. The number of hydrogen-bond acceptors (Lipinski definition) is 3. The fraction of sp³-hybridized carbons (Fsp3) is 0.857. The predicted octanol–water partition coefficient (Wildman–Crippen LogP) is -0.640. The van der Waals surface area contributed by atoms with E-state index in [0.29, 0.717) is 19.9 Å². The summed E-state index contributed by atoms with van der Waals surface area (Å²) in [5.41, 5.74) is -0.624. The van der Waals surface area contributed by atoms with Crippen LogP contribution < -0.4 is 10.2 Å². The Morgan fingerprint density at radius 1 is 1.35 bits per heavy atom. The maximum atomic E-state index is 12.8. The van der Waals surface area contributed by atoms with E-state index in [1.165, 1.54) is 9.80 Å². The number of amides is 3. The fourth-order valence-electron chi connectivity index (χ4n) is 3.68. The molecule has 3 fully saturated rings. The van der Waals surface area contributed by atoms with Gasteiger partial charge in [-0.3, -0.25) is 4.79 Å². The van der Waals surface area contributed by atoms with E-state index in [0.717, 1.165) is 38.8 Å². The van der Waals surface area contributed by atoms with E-state index in [1.54, 1.807) is 0 Å². The summed E-state index contributed by atoms with van der Waals surface area (Å²) < 4.78 is 5.32. The van der Waals surface area contributed by atoms with Gasteiger partial charge in [-0.1, -0.05) is 19.8 Å². The zero-order valence-electron chi connectivity index (χ0n) is 12.1. The van der Waals surface area contributed by atoms with Gasteiger partial charge >= 0.3 is 6.03 Å². The van der Waals surface area contributed by atoms with Crippen molar-refractivity contribution >= 4 is 11.9 Å². The van der Waals surface area contributed by atoms with Gasteiger partial charge in [-0.2, -0.15) is 0 Å². The molecule has 2 atom stereocenters. The van der Waals surface area contributed by atoms with E-state index in [4.69, 9.17) is 4.74 Å². The second-order valence-corrected chi connectivity index (χ2v) is 6.30. The average molecular weight is 282 g/mol. The molecule has 0 aromatic rings. The summed E-state index contributed by atoms with van der Waals surface area (Å²) in [6.07, 6.45) is 3.98. The first-order valence-electron chi connectivity index (χ1n) is 7.69. The van der Waals surface area contributed by atoms with Crippen molar-refractivity contribution in [2.75, 3.05) is 33.0 Å². The molecule has 0 bridgehead atoms. The molecule has 112 valence electrons. The number of morpholine rings is 1. The van der Waals surface area contributed by atoms with Crippen LogP contribution in [0, 0.1) is 5.92 Å². The molecule has 20 heavy (non-hydrogen) atoms. The molecule has 0 unspecified atom stereocenters. The molecule has 0 radical (unpaired) electrons. The van der Waals surface area contributed by atoms with E-state index in [-0.39, 0.29) is 17.9 Å². The molecule has 3 rings (SSSR count). The van der Waals surface area contributed by atoms with Crippen LogP contribution >= 0.6 is 0 Å². The summed E-state index contributed by atoms with van der Waals surface area (Å²) in [7, 11) is 0. The number of carbonyl (C=O) groups is 2. The molecule has 2 aliphatic heterocycles. The first kappa shape index (κ1) is 13.8. The summed E-state index contributed by atoms with van der Waals surface area (Å²) in [6, 6.07) is -0.206. The van der Waals surface area contributed by atoms with Crippen LogP contribution in [0.5, 0.6) is 0 Å². The van der Waals surface area contributed by atoms with E-state index in [2.05, 4.69) is 12.2 Å². The van der Waals surface area contributed by atoms with Gasteiger partial charge in [0.1, 0.15) is 18.6 Å². The van der Waals surface area contributed by atoms with Gasteiger partial charge in [0.05, 0.1) is 13.2 Å². The third kappa shape index (κ3) is 2.20. The molecule has 6 nitrogen and oxygen atoms in total. The molecule has 2 N–H and O–H groups in total. The fourth-order valence-corrected chi connectivity index (χ4v) is 3.68. The monoisotopic (exact) mass is 282 g/mol. The summed E-state index contributed by atoms with van der Waals surface area (Å²) in [4.78, 5) is 27.7. The number of nitrogens with one attached hydrogen (secondary N) is 2. The number of quaternary nitrogens is 1. The van der Waals surface area contributed by atoms with Crippen molar-refractivity contribution in [2.24, 2.45) is 5.92 Å². The Morgan fingerprint density at radius 3 is 2.80 bits per heavy atom. The van der Waals surface area contributed by atoms with Crippen LogP contribution in [0.15, 0.2) is 0 Å². The molecule has 0 aromatic heterocycles. The van der Waals surface area contributed by atoms with Crippen molar-refractivity contribution < 1.29 is 19.2 Å². The summed E-state index contributed by atoms with van der Waals surface area (Å²) >= 11 is 0. The lowest BCUT2D eigenvalue weighted by atomic mass is 9.73. The van der Waals surface area contributed by atoms with Gasteiger partial charge in [0.25, 0.3) is 5.91 Å². The number of hydrogen-bond donors (Lipinski definition) is 2. The average Bonchev–Trinajstić information content (AvgIpc) is 2.69. The quantitative estimate of drug-likeness (QED) is 0.662. The molecule has 2 saturated heterocycles. The molecular weight excluding hydrogens is 258 g/mol. The van der Waals surface area contributed by atoms with Crippen LogP contribution in [0.4, 0.5) is 4.79 Å². The standard InChI is InChI=1S/C14H23N3O3/c1-11-4-2-3-5-14(11)12(18)17(13(19)15-14)10-16-6-8-20-9-7-16/h11H,2-10H2,1H3,(H,15,19)/p+1/t11-,14-/m1/s1. The number of nitrogens with zero attached hydrogens (tertiary/aromatic N) is 1. The molecule has 2 heterocycles. The summed E-state index contributed by atoms with van der Waals surface area (Å²) in [5.74, 6) is 0.228. The molecule has 1 spiro atoms. The molecule has 0 aromatic carbocycles. The first-order valence-corrected chi connectivity index (χ1v) is 7.69. The Balaban J connectivity index is 1.72. The number of rotatable bonds is 2. The van der Waals surface area contributed by atoms with Crippen molar-refractivity contribution in [3.05, 3.63) is 0 Å². The third-order valence-corrected chi connectivity index (χ3v) is 5.08. The number of imide groups is 1. The smallest absolute Gasteiger partial charge is 0.329 e. The second-order valence-electron chi connectivity index (χ2n) is 6.30. The van der Waals surface area contributed by atoms with Crippen LogP contribution in [-0.2, 0) is 9.53 Å². The molecular formula is C14H24N3O3+. The van der Waals surface area contributed by atoms with Crippen LogP contribution in [0.3, 0.4) is 0 Å². The van der Waals surface area contributed by atoms with Gasteiger partial charge in [0.2, 0.25) is 0 Å². The van der Waals surface area contributed by atoms with Gasteiger partial charge in [0.15, 0.2) is 6.67 Å². The maximum absolute atomic E-state index is 12.8. The Hall–Kier alpha value is -1.14. The van der Waals surface area contributed by atoms with Crippen LogP contribution in [0.25, 0.3) is 0 Å². The highest BCUT2D eigenvalue weighted by Gasteiger charge is 2.55. The van der Waals surface area contributed by atoms with Gasteiger partial charge in [-0.25, -0.2) is 9.69 Å². The van der Waals surface area contributed by atoms with E-state index in [1.807, 2.05) is 0 Å². The zero-order valence-corrected chi connectivity index (χ0v) is 12.1. The molecule has 1 saturated carbocycles. The van der Waals surface area contributed by atoms with Crippen LogP contribution in [0.1, 0.15) is 32.6 Å². The van der Waals surface area contributed by atoms with Crippen molar-refractivity contribution in [3.63, 3.8) is 0 Å². The van der Waals surface area contributed by atoms with Gasteiger partial charge in [-0.05, 0) is 18.8 Å². The first-order chi connectivity index (χ1) is 9.63. The summed E-state index contributed by atoms with van der Waals surface area (Å²) in [6.45, 7) is 5.70. The van der Waals surface area contributed by atoms with Crippen molar-refractivity contribution in [2.45, 2.75) is 38.1 Å². The Kier molecular flexibility index (Phi) is 3.69. The minimum Gasteiger partial charge on any atom is -0.370 e. The topological polar surface area (TPSA) is 63.1 Å². The third-order valence-electron chi connectivity index (χ3n) is 5.08. The molecule has 1 aliphatic carbocycles. The number of carbonyl (C=O) groups excluding carboxylic acids is 2. The number of urea groups is 1. The van der Waals surface area contributed by atoms with Gasteiger partial charge in [0, 0.05) is 0 Å². The SMILES string of the molecule is C[C@@H]1CCCC[C@@]12NC(=O)N(C[NH+]1CCOCC1)C2=O. The normalized spacial score (nSPS) is 35.6. The zero-order chi connectivity index (χ0) is 14.2. The van der Waals surface area contributed by atoms with E-state index < -0.39 is 5.54 Å². The second kappa shape index (κ2) is 5.33. The van der Waals surface area contributed by atoms with Crippen molar-refractivity contribution in [1.29, 1.82) is 0 Å². The Labute approximate surface area is 119 Å². The van der Waals surface area contributed by atoms with Crippen molar-refractivity contribution in [3.8, 4) is 0 Å². The minimum atomic E-state index is -0.624.